The lowest BCUT2D eigenvalue weighted by molar-refractivity contribution is -0.145. The minimum absolute atomic E-state index is 0.193. The Morgan fingerprint density at radius 1 is 1.43 bits per heavy atom. The van der Waals surface area contributed by atoms with E-state index in [1.165, 1.54) is 12.0 Å². The van der Waals surface area contributed by atoms with E-state index in [9.17, 15) is 9.59 Å². The van der Waals surface area contributed by atoms with E-state index in [4.69, 9.17) is 5.73 Å². The number of benzene rings is 1. The number of rotatable bonds is 4. The molecule has 0 fully saturated rings. The molecule has 2 rings (SSSR count). The van der Waals surface area contributed by atoms with Gasteiger partial charge in [0, 0.05) is 19.0 Å². The normalized spacial score (nSPS) is 12.1. The highest BCUT2D eigenvalue weighted by Gasteiger charge is 2.21. The molecule has 0 saturated carbocycles. The minimum atomic E-state index is -0.376. The van der Waals surface area contributed by atoms with Gasteiger partial charge in [-0.2, -0.15) is 0 Å². The number of hydrogen-bond donors (Lipinski definition) is 2. The number of H-pyrrole nitrogens is 1. The van der Waals surface area contributed by atoms with Crippen LogP contribution in [0.15, 0.2) is 24.3 Å². The van der Waals surface area contributed by atoms with Crippen molar-refractivity contribution < 1.29 is 14.3 Å². The summed E-state index contributed by atoms with van der Waals surface area (Å²) in [5.74, 6) is -0.907. The molecule has 1 heterocycles. The summed E-state index contributed by atoms with van der Waals surface area (Å²) >= 11 is 0. The number of amides is 1. The standard InChI is InChI=1S/C15H19N3O3/c1-9(15(20)21-3)8-18(2)14(19)12-7-10-5-4-6-11(16)13(10)17-12/h4-7,9,17H,8,16H2,1-3H3. The Bertz CT molecular complexity index is 678. The lowest BCUT2D eigenvalue weighted by Gasteiger charge is -2.19. The van der Waals surface area contributed by atoms with Crippen molar-refractivity contribution in [2.45, 2.75) is 6.92 Å². The number of nitrogens with one attached hydrogen (secondary N) is 1. The molecule has 21 heavy (non-hydrogen) atoms. The molecule has 0 aliphatic heterocycles. The van der Waals surface area contributed by atoms with Crippen LogP contribution in [0.2, 0.25) is 0 Å². The predicted molar refractivity (Wildman–Crippen MR) is 80.9 cm³/mol. The van der Waals surface area contributed by atoms with Gasteiger partial charge in [0.1, 0.15) is 5.69 Å². The largest absolute Gasteiger partial charge is 0.469 e. The van der Waals surface area contributed by atoms with Crippen LogP contribution in [0.1, 0.15) is 17.4 Å². The van der Waals surface area contributed by atoms with Gasteiger partial charge in [0.25, 0.3) is 5.91 Å². The number of hydrogen-bond acceptors (Lipinski definition) is 4. The third-order valence-corrected chi connectivity index (χ3v) is 3.42. The second-order valence-corrected chi connectivity index (χ2v) is 5.10. The molecule has 1 aromatic heterocycles. The van der Waals surface area contributed by atoms with Crippen LogP contribution in [0.4, 0.5) is 5.69 Å². The first-order chi connectivity index (χ1) is 9.93. The molecule has 1 atom stereocenters. The summed E-state index contributed by atoms with van der Waals surface area (Å²) in [4.78, 5) is 28.3. The SMILES string of the molecule is COC(=O)C(C)CN(C)C(=O)c1cc2cccc(N)c2[nH]1. The van der Waals surface area contributed by atoms with Crippen LogP contribution in [-0.2, 0) is 9.53 Å². The van der Waals surface area contributed by atoms with Crippen LogP contribution < -0.4 is 5.73 Å². The Morgan fingerprint density at radius 2 is 2.14 bits per heavy atom. The lowest BCUT2D eigenvalue weighted by atomic mass is 10.1. The number of carbonyl (C=O) groups excluding carboxylic acids is 2. The van der Waals surface area contributed by atoms with E-state index in [0.29, 0.717) is 11.4 Å². The molecule has 1 aromatic carbocycles. The molecule has 1 amide bonds. The molecule has 6 heteroatoms. The number of aromatic amines is 1. The Balaban J connectivity index is 2.18. The maximum Gasteiger partial charge on any atom is 0.310 e. The third kappa shape index (κ3) is 2.99. The van der Waals surface area contributed by atoms with Crippen molar-refractivity contribution in [2.75, 3.05) is 26.4 Å². The molecule has 6 nitrogen and oxygen atoms in total. The number of aromatic nitrogens is 1. The number of nitrogens with two attached hydrogens (primary N) is 1. The predicted octanol–water partition coefficient (Wildman–Crippen LogP) is 1.63. The topological polar surface area (TPSA) is 88.4 Å². The number of ether oxygens (including phenoxy) is 1. The molecule has 1 unspecified atom stereocenters. The Labute approximate surface area is 122 Å². The zero-order chi connectivity index (χ0) is 15.6. The fourth-order valence-corrected chi connectivity index (χ4v) is 2.27. The van der Waals surface area contributed by atoms with Crippen LogP contribution in [0.5, 0.6) is 0 Å². The van der Waals surface area contributed by atoms with E-state index in [1.807, 2.05) is 12.1 Å². The van der Waals surface area contributed by atoms with Crippen molar-refractivity contribution in [3.63, 3.8) is 0 Å². The van der Waals surface area contributed by atoms with E-state index in [2.05, 4.69) is 9.72 Å². The van der Waals surface area contributed by atoms with Gasteiger partial charge in [0.15, 0.2) is 0 Å². The summed E-state index contributed by atoms with van der Waals surface area (Å²) in [5.41, 5.74) is 7.65. The van der Waals surface area contributed by atoms with Gasteiger partial charge < -0.3 is 20.4 Å². The average molecular weight is 289 g/mol. The van der Waals surface area contributed by atoms with Crippen molar-refractivity contribution >= 4 is 28.5 Å². The number of methoxy groups -OCH3 is 1. The monoisotopic (exact) mass is 289 g/mol. The van der Waals surface area contributed by atoms with Crippen molar-refractivity contribution in [2.24, 2.45) is 5.92 Å². The smallest absolute Gasteiger partial charge is 0.310 e. The van der Waals surface area contributed by atoms with Crippen molar-refractivity contribution in [1.29, 1.82) is 0 Å². The van der Waals surface area contributed by atoms with Gasteiger partial charge in [-0.3, -0.25) is 9.59 Å². The van der Waals surface area contributed by atoms with Crippen molar-refractivity contribution in [3.05, 3.63) is 30.0 Å². The van der Waals surface area contributed by atoms with Gasteiger partial charge in [0.05, 0.1) is 24.2 Å². The molecule has 112 valence electrons. The maximum atomic E-state index is 12.4. The zero-order valence-electron chi connectivity index (χ0n) is 12.3. The minimum Gasteiger partial charge on any atom is -0.469 e. The van der Waals surface area contributed by atoms with Gasteiger partial charge in [0.2, 0.25) is 0 Å². The summed E-state index contributed by atoms with van der Waals surface area (Å²) in [5, 5.41) is 0.882. The molecule has 3 N–H and O–H groups in total. The van der Waals surface area contributed by atoms with Crippen LogP contribution in [0.3, 0.4) is 0 Å². The van der Waals surface area contributed by atoms with Gasteiger partial charge >= 0.3 is 5.97 Å². The van der Waals surface area contributed by atoms with Crippen LogP contribution in [0, 0.1) is 5.92 Å². The summed E-state index contributed by atoms with van der Waals surface area (Å²) in [6.45, 7) is 2.01. The first-order valence-corrected chi connectivity index (χ1v) is 6.64. The van der Waals surface area contributed by atoms with Gasteiger partial charge in [-0.1, -0.05) is 19.1 Å². The van der Waals surface area contributed by atoms with Gasteiger partial charge in [-0.15, -0.1) is 0 Å². The summed E-state index contributed by atoms with van der Waals surface area (Å²) < 4.78 is 4.66. The van der Waals surface area contributed by atoms with Crippen LogP contribution in [0.25, 0.3) is 10.9 Å². The van der Waals surface area contributed by atoms with E-state index in [-0.39, 0.29) is 24.3 Å². The number of nitrogens with zero attached hydrogens (tertiary/aromatic N) is 1. The van der Waals surface area contributed by atoms with Gasteiger partial charge in [-0.05, 0) is 12.1 Å². The molecular formula is C15H19N3O3. The summed E-state index contributed by atoms with van der Waals surface area (Å²) in [7, 11) is 2.98. The molecule has 0 aliphatic carbocycles. The average Bonchev–Trinajstić information content (AvgIpc) is 2.90. The van der Waals surface area contributed by atoms with Crippen molar-refractivity contribution in [3.8, 4) is 0 Å². The molecule has 0 bridgehead atoms. The number of esters is 1. The van der Waals surface area contributed by atoms with Crippen LogP contribution in [-0.4, -0.2) is 42.5 Å². The fourth-order valence-electron chi connectivity index (χ4n) is 2.27. The fraction of sp³-hybridized carbons (Fsp3) is 0.333. The molecule has 0 radical (unpaired) electrons. The Morgan fingerprint density at radius 3 is 2.76 bits per heavy atom. The van der Waals surface area contributed by atoms with Crippen LogP contribution >= 0.6 is 0 Å². The highest BCUT2D eigenvalue weighted by Crippen LogP contribution is 2.21. The van der Waals surface area contributed by atoms with Crippen molar-refractivity contribution in [1.82, 2.24) is 9.88 Å². The number of fused-ring (bicyclic) bond motifs is 1. The second-order valence-electron chi connectivity index (χ2n) is 5.10. The molecular weight excluding hydrogens is 270 g/mol. The number of nitrogen functional groups attached to an aromatic ring is 1. The molecule has 0 saturated heterocycles. The Hall–Kier alpha value is -2.50. The Kier molecular flexibility index (Phi) is 4.16. The highest BCUT2D eigenvalue weighted by molar-refractivity contribution is 6.00. The summed E-state index contributed by atoms with van der Waals surface area (Å²) in [6, 6.07) is 7.25. The number of carbonyl (C=O) groups is 2. The van der Waals surface area contributed by atoms with E-state index < -0.39 is 0 Å². The third-order valence-electron chi connectivity index (χ3n) is 3.42. The van der Waals surface area contributed by atoms with E-state index in [0.717, 1.165) is 10.9 Å². The van der Waals surface area contributed by atoms with E-state index >= 15 is 0 Å². The van der Waals surface area contributed by atoms with E-state index in [1.54, 1.807) is 26.1 Å². The molecule has 0 aliphatic rings. The molecule has 2 aromatic rings. The first-order valence-electron chi connectivity index (χ1n) is 6.64. The molecule has 0 spiro atoms. The quantitative estimate of drug-likeness (QED) is 0.661. The highest BCUT2D eigenvalue weighted by atomic mass is 16.5. The first kappa shape index (κ1) is 14.9. The lowest BCUT2D eigenvalue weighted by Crippen LogP contribution is -2.34. The van der Waals surface area contributed by atoms with Gasteiger partial charge in [-0.25, -0.2) is 0 Å². The summed E-state index contributed by atoms with van der Waals surface area (Å²) in [6.07, 6.45) is 0. The second kappa shape index (κ2) is 5.87. The maximum absolute atomic E-state index is 12.4. The number of anilines is 1. The zero-order valence-corrected chi connectivity index (χ0v) is 12.3. The number of para-hydroxylation sites is 1.